The number of Topliss-reactive ketones (excluding diaryl/α,β-unsaturated/α-hetero) is 1. The van der Waals surface area contributed by atoms with E-state index in [1.165, 1.54) is 16.4 Å². The van der Waals surface area contributed by atoms with Crippen LogP contribution in [-0.2, 0) is 14.8 Å². The van der Waals surface area contributed by atoms with Gasteiger partial charge in [-0.25, -0.2) is 8.42 Å². The van der Waals surface area contributed by atoms with Crippen molar-refractivity contribution in [3.05, 3.63) is 53.6 Å². The minimum absolute atomic E-state index is 0.0662. The van der Waals surface area contributed by atoms with Gasteiger partial charge in [0.05, 0.1) is 11.4 Å². The molecule has 0 aliphatic carbocycles. The van der Waals surface area contributed by atoms with E-state index in [-0.39, 0.29) is 34.8 Å². The molecule has 188 valence electrons. The fraction of sp³-hybridized carbons (Fsp3) is 0.462. The van der Waals surface area contributed by atoms with Crippen LogP contribution in [0.25, 0.3) is 0 Å². The average molecular weight is 500 g/mol. The molecule has 2 N–H and O–H groups in total. The highest BCUT2D eigenvalue weighted by atomic mass is 32.2. The zero-order chi connectivity index (χ0) is 25.0. The average Bonchev–Trinajstić information content (AvgIpc) is 2.86. The van der Waals surface area contributed by atoms with Gasteiger partial charge in [0.25, 0.3) is 0 Å². The van der Waals surface area contributed by atoms with E-state index in [9.17, 15) is 23.1 Å². The summed E-state index contributed by atoms with van der Waals surface area (Å²) in [7, 11) is -3.58. The molecule has 0 aromatic heterocycles. The Labute approximate surface area is 207 Å². The predicted octanol–water partition coefficient (Wildman–Crippen LogP) is 3.41. The molecule has 0 radical (unpaired) electrons. The minimum Gasteiger partial charge on any atom is -0.508 e. The third kappa shape index (κ3) is 6.09. The van der Waals surface area contributed by atoms with Crippen LogP contribution in [-0.4, -0.2) is 67.1 Å². The lowest BCUT2D eigenvalue weighted by molar-refractivity contribution is -0.117. The summed E-state index contributed by atoms with van der Waals surface area (Å²) >= 11 is 0. The van der Waals surface area contributed by atoms with Gasteiger partial charge >= 0.3 is 0 Å². The highest BCUT2D eigenvalue weighted by Crippen LogP contribution is 2.26. The summed E-state index contributed by atoms with van der Waals surface area (Å²) in [6, 6.07) is 11.2. The standard InChI is InChI=1S/C26H33N3O5S/c1-19-5-10-23(35(33,34)29-13-3-2-4-14-29)17-24(19)27-25(31)18-28-15-11-21(12-16-28)26(32)20-6-8-22(30)9-7-20/h5-10,17,21,30H,2-4,11-16,18H2,1H3,(H,27,31). The van der Waals surface area contributed by atoms with Gasteiger partial charge in [0.1, 0.15) is 5.75 Å². The zero-order valence-electron chi connectivity index (χ0n) is 20.1. The molecule has 2 aliphatic heterocycles. The summed E-state index contributed by atoms with van der Waals surface area (Å²) in [4.78, 5) is 27.7. The maximum absolute atomic E-state index is 13.0. The van der Waals surface area contributed by atoms with Gasteiger partial charge < -0.3 is 10.4 Å². The van der Waals surface area contributed by atoms with E-state index >= 15 is 0 Å². The van der Waals surface area contributed by atoms with Crippen LogP contribution in [0.3, 0.4) is 0 Å². The van der Waals surface area contributed by atoms with Crippen LogP contribution < -0.4 is 5.32 Å². The first-order valence-corrected chi connectivity index (χ1v) is 13.6. The third-order valence-electron chi connectivity index (χ3n) is 6.91. The molecule has 0 saturated carbocycles. The fourth-order valence-corrected chi connectivity index (χ4v) is 6.30. The van der Waals surface area contributed by atoms with Crippen molar-refractivity contribution in [3.63, 3.8) is 0 Å². The van der Waals surface area contributed by atoms with Gasteiger partial charge in [-0.1, -0.05) is 12.5 Å². The first-order chi connectivity index (χ1) is 16.7. The number of phenolic OH excluding ortho intramolecular Hbond substituents is 1. The van der Waals surface area contributed by atoms with Crippen molar-refractivity contribution in [2.75, 3.05) is 38.0 Å². The van der Waals surface area contributed by atoms with Gasteiger partial charge in [0.15, 0.2) is 5.78 Å². The molecule has 2 aliphatic rings. The van der Waals surface area contributed by atoms with Crippen LogP contribution >= 0.6 is 0 Å². The van der Waals surface area contributed by atoms with Crippen LogP contribution in [0.2, 0.25) is 0 Å². The summed E-state index contributed by atoms with van der Waals surface area (Å²) in [6.45, 7) is 4.34. The molecule has 2 fully saturated rings. The second-order valence-corrected chi connectivity index (χ2v) is 11.4. The SMILES string of the molecule is Cc1ccc(S(=O)(=O)N2CCCCC2)cc1NC(=O)CN1CCC(C(=O)c2ccc(O)cc2)CC1. The molecule has 4 rings (SSSR count). The number of carbonyl (C=O) groups excluding carboxylic acids is 2. The van der Waals surface area contributed by atoms with E-state index in [2.05, 4.69) is 5.32 Å². The first kappa shape index (κ1) is 25.3. The summed E-state index contributed by atoms with van der Waals surface area (Å²) in [5.41, 5.74) is 1.90. The number of hydrogen-bond acceptors (Lipinski definition) is 6. The monoisotopic (exact) mass is 499 g/mol. The van der Waals surface area contributed by atoms with E-state index < -0.39 is 10.0 Å². The second-order valence-electron chi connectivity index (χ2n) is 9.45. The minimum atomic E-state index is -3.58. The van der Waals surface area contributed by atoms with Crippen molar-refractivity contribution in [3.8, 4) is 5.75 Å². The molecule has 2 heterocycles. The number of benzene rings is 2. The Hall–Kier alpha value is -2.75. The number of sulfonamides is 1. The quantitative estimate of drug-likeness (QED) is 0.566. The number of anilines is 1. The number of nitrogens with one attached hydrogen (secondary N) is 1. The van der Waals surface area contributed by atoms with E-state index in [1.54, 1.807) is 30.3 Å². The number of piperidine rings is 2. The van der Waals surface area contributed by atoms with E-state index in [0.29, 0.717) is 50.3 Å². The largest absolute Gasteiger partial charge is 0.508 e. The number of nitrogens with zero attached hydrogens (tertiary/aromatic N) is 2. The highest BCUT2D eigenvalue weighted by molar-refractivity contribution is 7.89. The van der Waals surface area contributed by atoms with Crippen molar-refractivity contribution in [2.24, 2.45) is 5.92 Å². The van der Waals surface area contributed by atoms with Crippen LogP contribution in [0.5, 0.6) is 5.75 Å². The van der Waals surface area contributed by atoms with Gasteiger partial charge in [-0.05, 0) is 87.7 Å². The Morgan fingerprint density at radius 2 is 1.63 bits per heavy atom. The Morgan fingerprint density at radius 1 is 0.971 bits per heavy atom. The van der Waals surface area contributed by atoms with Crippen molar-refractivity contribution in [2.45, 2.75) is 43.9 Å². The molecule has 35 heavy (non-hydrogen) atoms. The molecule has 1 amide bonds. The number of aryl methyl sites for hydroxylation is 1. The summed E-state index contributed by atoms with van der Waals surface area (Å²) in [5, 5.41) is 12.3. The van der Waals surface area contributed by atoms with Gasteiger partial charge in [-0.3, -0.25) is 14.5 Å². The maximum Gasteiger partial charge on any atom is 0.243 e. The van der Waals surface area contributed by atoms with Crippen LogP contribution in [0.4, 0.5) is 5.69 Å². The second kappa shape index (κ2) is 10.9. The fourth-order valence-electron chi connectivity index (χ4n) is 4.76. The van der Waals surface area contributed by atoms with Crippen molar-refractivity contribution in [1.29, 1.82) is 0 Å². The summed E-state index contributed by atoms with van der Waals surface area (Å²) < 4.78 is 27.6. The van der Waals surface area contributed by atoms with Gasteiger partial charge in [0.2, 0.25) is 15.9 Å². The molecule has 2 aromatic carbocycles. The number of phenols is 1. The molecule has 0 bridgehead atoms. The normalized spacial score (nSPS) is 18.3. The Balaban J connectivity index is 1.33. The van der Waals surface area contributed by atoms with Crippen molar-refractivity contribution in [1.82, 2.24) is 9.21 Å². The topological polar surface area (TPSA) is 107 Å². The Bertz CT molecular complexity index is 1170. The van der Waals surface area contributed by atoms with E-state index in [0.717, 1.165) is 24.8 Å². The van der Waals surface area contributed by atoms with Gasteiger partial charge in [-0.15, -0.1) is 0 Å². The van der Waals surface area contributed by atoms with Crippen molar-refractivity contribution < 1.29 is 23.1 Å². The number of hydrogen-bond donors (Lipinski definition) is 2. The number of aromatic hydroxyl groups is 1. The smallest absolute Gasteiger partial charge is 0.243 e. The van der Waals surface area contributed by atoms with E-state index in [4.69, 9.17) is 0 Å². The Morgan fingerprint density at radius 3 is 2.29 bits per heavy atom. The van der Waals surface area contributed by atoms with Gasteiger partial charge in [-0.2, -0.15) is 4.31 Å². The molecular weight excluding hydrogens is 466 g/mol. The van der Waals surface area contributed by atoms with Gasteiger partial charge in [0, 0.05) is 30.3 Å². The van der Waals surface area contributed by atoms with Crippen LogP contribution in [0, 0.1) is 12.8 Å². The third-order valence-corrected chi connectivity index (χ3v) is 8.81. The molecule has 8 nitrogen and oxygen atoms in total. The molecule has 0 atom stereocenters. The molecule has 2 saturated heterocycles. The molecule has 2 aromatic rings. The lowest BCUT2D eigenvalue weighted by Crippen LogP contribution is -2.40. The lowest BCUT2D eigenvalue weighted by atomic mass is 9.89. The number of likely N-dealkylation sites (tertiary alicyclic amines) is 1. The number of ketones is 1. The Kier molecular flexibility index (Phi) is 7.88. The maximum atomic E-state index is 13.0. The number of carbonyl (C=O) groups is 2. The summed E-state index contributed by atoms with van der Waals surface area (Å²) in [5.74, 6) is -0.106. The van der Waals surface area contributed by atoms with Crippen LogP contribution in [0.1, 0.15) is 48.0 Å². The molecule has 9 heteroatoms. The number of rotatable bonds is 7. The highest BCUT2D eigenvalue weighted by Gasteiger charge is 2.28. The molecular formula is C26H33N3O5S. The first-order valence-electron chi connectivity index (χ1n) is 12.2. The molecule has 0 unspecified atom stereocenters. The predicted molar refractivity (Wildman–Crippen MR) is 134 cm³/mol. The van der Waals surface area contributed by atoms with E-state index in [1.807, 2.05) is 11.8 Å². The summed E-state index contributed by atoms with van der Waals surface area (Å²) in [6.07, 6.45) is 4.10. The van der Waals surface area contributed by atoms with Crippen LogP contribution in [0.15, 0.2) is 47.4 Å². The lowest BCUT2D eigenvalue weighted by Gasteiger charge is -2.30. The molecule has 0 spiro atoms. The van der Waals surface area contributed by atoms with Crippen molar-refractivity contribution >= 4 is 27.4 Å². The number of amides is 1. The zero-order valence-corrected chi connectivity index (χ0v) is 20.9.